The van der Waals surface area contributed by atoms with Crippen LogP contribution >= 0.6 is 23.4 Å². The van der Waals surface area contributed by atoms with Gasteiger partial charge in [0.2, 0.25) is 0 Å². The summed E-state index contributed by atoms with van der Waals surface area (Å²) < 4.78 is 2.52. The normalized spacial score (nSPS) is 20.8. The molecule has 1 nitrogen and oxygen atoms in total. The van der Waals surface area contributed by atoms with E-state index in [2.05, 4.69) is 70.8 Å². The summed E-state index contributed by atoms with van der Waals surface area (Å²) in [6.07, 6.45) is 0. The van der Waals surface area contributed by atoms with E-state index < -0.39 is 0 Å². The fourth-order valence-electron chi connectivity index (χ4n) is 5.01. The highest BCUT2D eigenvalue weighted by molar-refractivity contribution is 8.00. The van der Waals surface area contributed by atoms with Gasteiger partial charge in [-0.15, -0.1) is 11.8 Å². The van der Waals surface area contributed by atoms with Crippen molar-refractivity contribution in [2.45, 2.75) is 10.5 Å². The van der Waals surface area contributed by atoms with Gasteiger partial charge in [0, 0.05) is 32.4 Å². The van der Waals surface area contributed by atoms with E-state index in [-0.39, 0.29) is 0 Å². The van der Waals surface area contributed by atoms with Crippen molar-refractivity contribution in [3.63, 3.8) is 0 Å². The number of benzene rings is 3. The van der Waals surface area contributed by atoms with Gasteiger partial charge in [0.05, 0.1) is 21.5 Å². The highest BCUT2D eigenvalue weighted by Gasteiger charge is 2.46. The lowest BCUT2D eigenvalue weighted by Crippen LogP contribution is -2.03. The second-order valence-corrected chi connectivity index (χ2v) is 8.67. The highest BCUT2D eigenvalue weighted by Crippen LogP contribution is 2.66. The monoisotopic (exact) mass is 357 g/mol. The van der Waals surface area contributed by atoms with Crippen LogP contribution in [0.15, 0.2) is 60.7 Å². The number of halogens is 1. The Balaban J connectivity index is 1.72. The Morgan fingerprint density at radius 2 is 1.64 bits per heavy atom. The van der Waals surface area contributed by atoms with E-state index in [1.807, 2.05) is 6.07 Å². The molecule has 0 aliphatic carbocycles. The van der Waals surface area contributed by atoms with Gasteiger partial charge in [-0.3, -0.25) is 0 Å². The first kappa shape index (κ1) is 13.1. The molecule has 25 heavy (non-hydrogen) atoms. The second-order valence-electron chi connectivity index (χ2n) is 7.02. The quantitative estimate of drug-likeness (QED) is 0.303. The van der Waals surface area contributed by atoms with Gasteiger partial charge in [-0.2, -0.15) is 0 Å². The summed E-state index contributed by atoms with van der Waals surface area (Å²) in [4.78, 5) is 0. The molecule has 4 heterocycles. The van der Waals surface area contributed by atoms with Crippen LogP contribution in [0.3, 0.4) is 0 Å². The Hall–Kier alpha value is -2.16. The van der Waals surface area contributed by atoms with Crippen molar-refractivity contribution in [1.82, 2.24) is 4.40 Å². The van der Waals surface area contributed by atoms with E-state index >= 15 is 0 Å². The lowest BCUT2D eigenvalue weighted by molar-refractivity contribution is 0.985. The van der Waals surface area contributed by atoms with Crippen molar-refractivity contribution in [2.24, 2.45) is 0 Å². The predicted octanol–water partition coefficient (Wildman–Crippen LogP) is 6.58. The maximum absolute atomic E-state index is 6.32. The minimum Gasteiger partial charge on any atom is -0.311 e. The topological polar surface area (TPSA) is 4.41 Å². The molecular weight excluding hydrogens is 346 g/mol. The van der Waals surface area contributed by atoms with Gasteiger partial charge >= 0.3 is 0 Å². The zero-order valence-electron chi connectivity index (χ0n) is 13.2. The number of hydrogen-bond donors (Lipinski definition) is 0. The van der Waals surface area contributed by atoms with Crippen LogP contribution in [0.5, 0.6) is 0 Å². The molecule has 0 fully saturated rings. The molecule has 0 radical (unpaired) electrons. The first-order valence-electron chi connectivity index (χ1n) is 8.55. The second kappa shape index (κ2) is 4.14. The van der Waals surface area contributed by atoms with E-state index in [1.165, 1.54) is 49.6 Å². The van der Waals surface area contributed by atoms with Crippen molar-refractivity contribution in [1.29, 1.82) is 0 Å². The molecule has 118 valence electrons. The number of para-hydroxylation sites is 2. The van der Waals surface area contributed by atoms with Crippen molar-refractivity contribution in [3.05, 3.63) is 88.1 Å². The van der Waals surface area contributed by atoms with Crippen molar-refractivity contribution < 1.29 is 0 Å². The number of aromatic nitrogens is 1. The summed E-state index contributed by atoms with van der Waals surface area (Å²) in [6, 6.07) is 22.0. The van der Waals surface area contributed by atoms with E-state index in [9.17, 15) is 0 Å². The molecule has 2 atom stereocenters. The number of nitrogens with zero attached hydrogens (tertiary/aromatic N) is 1. The molecular formula is C22H12ClNS. The Bertz CT molecular complexity index is 1350. The van der Waals surface area contributed by atoms with Gasteiger partial charge < -0.3 is 4.40 Å². The lowest BCUT2D eigenvalue weighted by atomic mass is 9.88. The third-order valence-electron chi connectivity index (χ3n) is 5.90. The predicted molar refractivity (Wildman–Crippen MR) is 106 cm³/mol. The molecule has 2 bridgehead atoms. The van der Waals surface area contributed by atoms with E-state index in [1.54, 1.807) is 0 Å². The molecule has 2 unspecified atom stereocenters. The molecule has 3 aromatic carbocycles. The summed E-state index contributed by atoms with van der Waals surface area (Å²) in [5.41, 5.74) is 8.56. The van der Waals surface area contributed by atoms with Gasteiger partial charge in [-0.05, 0) is 29.3 Å². The SMILES string of the molecule is Clc1ccc2c(c1)C1SC2c2c1n1c3ccccc3c3cccc2c31. The Kier molecular flexibility index (Phi) is 2.17. The van der Waals surface area contributed by atoms with Crippen LogP contribution in [-0.2, 0) is 0 Å². The molecule has 0 N–H and O–H groups in total. The molecule has 2 aliphatic heterocycles. The minimum atomic E-state index is 0.389. The fraction of sp³-hybridized carbons (Fsp3) is 0.0909. The number of fused-ring (bicyclic) bond motifs is 13. The van der Waals surface area contributed by atoms with Crippen molar-refractivity contribution >= 4 is 50.6 Å². The molecule has 5 aromatic rings. The minimum absolute atomic E-state index is 0.389. The summed E-state index contributed by atoms with van der Waals surface area (Å²) >= 11 is 8.38. The van der Waals surface area contributed by atoms with Gasteiger partial charge in [-0.25, -0.2) is 0 Å². The van der Waals surface area contributed by atoms with Gasteiger partial charge in [0.1, 0.15) is 0 Å². The summed E-state index contributed by atoms with van der Waals surface area (Å²) in [7, 11) is 0. The van der Waals surface area contributed by atoms with Crippen LogP contribution in [0.25, 0.3) is 27.2 Å². The molecule has 0 saturated carbocycles. The maximum Gasteiger partial charge on any atom is 0.0719 e. The molecule has 0 spiro atoms. The fourth-order valence-corrected chi connectivity index (χ4v) is 6.92. The first-order valence-corrected chi connectivity index (χ1v) is 9.87. The third kappa shape index (κ3) is 1.35. The highest BCUT2D eigenvalue weighted by atomic mass is 35.5. The Morgan fingerprint density at radius 3 is 2.60 bits per heavy atom. The standard InChI is InChI=1S/C22H12ClNS/c23-11-8-9-14-16(10-11)22-20-18(21(14)25-22)15-6-3-5-13-12-4-1-2-7-17(12)24(20)19(13)15/h1-10,21-22H. The number of hydrogen-bond acceptors (Lipinski definition) is 1. The zero-order valence-corrected chi connectivity index (χ0v) is 14.7. The van der Waals surface area contributed by atoms with Crippen LogP contribution in [-0.4, -0.2) is 4.40 Å². The van der Waals surface area contributed by atoms with Gasteiger partial charge in [-0.1, -0.05) is 54.1 Å². The summed E-state index contributed by atoms with van der Waals surface area (Å²) in [5.74, 6) is 0. The molecule has 0 saturated heterocycles. The zero-order chi connectivity index (χ0) is 16.3. The molecule has 2 aliphatic rings. The molecule has 2 aromatic heterocycles. The maximum atomic E-state index is 6.32. The third-order valence-corrected chi connectivity index (χ3v) is 7.64. The smallest absolute Gasteiger partial charge is 0.0719 e. The average Bonchev–Trinajstić information content (AvgIpc) is 3.35. The largest absolute Gasteiger partial charge is 0.311 e. The molecule has 0 amide bonds. The number of rotatable bonds is 0. The van der Waals surface area contributed by atoms with Crippen molar-refractivity contribution in [2.75, 3.05) is 0 Å². The Labute approximate surface area is 153 Å². The van der Waals surface area contributed by atoms with Crippen molar-refractivity contribution in [3.8, 4) is 0 Å². The number of thioether (sulfide) groups is 1. The van der Waals surface area contributed by atoms with Gasteiger partial charge in [0.15, 0.2) is 0 Å². The lowest BCUT2D eigenvalue weighted by Gasteiger charge is -2.16. The van der Waals surface area contributed by atoms with Gasteiger partial charge in [0.25, 0.3) is 0 Å². The van der Waals surface area contributed by atoms with Crippen LogP contribution in [0.1, 0.15) is 32.9 Å². The Morgan fingerprint density at radius 1 is 0.800 bits per heavy atom. The summed E-state index contributed by atoms with van der Waals surface area (Å²) in [5, 5.41) is 5.81. The van der Waals surface area contributed by atoms with Crippen LogP contribution in [0.2, 0.25) is 5.02 Å². The molecule has 7 rings (SSSR count). The van der Waals surface area contributed by atoms with Crippen LogP contribution in [0, 0.1) is 0 Å². The first-order chi connectivity index (χ1) is 12.3. The van der Waals surface area contributed by atoms with E-state index in [4.69, 9.17) is 11.6 Å². The summed E-state index contributed by atoms with van der Waals surface area (Å²) in [6.45, 7) is 0. The molecule has 3 heteroatoms. The van der Waals surface area contributed by atoms with Crippen LogP contribution in [0.4, 0.5) is 0 Å². The van der Waals surface area contributed by atoms with Crippen LogP contribution < -0.4 is 0 Å². The average molecular weight is 358 g/mol. The van der Waals surface area contributed by atoms with E-state index in [0.717, 1.165) is 5.02 Å². The van der Waals surface area contributed by atoms with E-state index in [0.29, 0.717) is 10.5 Å².